The van der Waals surface area contributed by atoms with Crippen LogP contribution in [0.15, 0.2) is 0 Å². The Hall–Kier alpha value is -0.120. The second-order valence-electron chi connectivity index (χ2n) is 5.60. The Morgan fingerprint density at radius 2 is 2.18 bits per heavy atom. The summed E-state index contributed by atoms with van der Waals surface area (Å²) in [7, 11) is 0. The highest BCUT2D eigenvalue weighted by Gasteiger charge is 2.26. The molecule has 3 nitrogen and oxygen atoms in total. The number of nitrogens with one attached hydrogen (secondary N) is 1. The van der Waals surface area contributed by atoms with Gasteiger partial charge in [0.15, 0.2) is 0 Å². The van der Waals surface area contributed by atoms with Crippen LogP contribution >= 0.6 is 0 Å². The van der Waals surface area contributed by atoms with Crippen LogP contribution in [0.2, 0.25) is 0 Å². The maximum absolute atomic E-state index is 5.66. The van der Waals surface area contributed by atoms with Gasteiger partial charge in [-0.2, -0.15) is 0 Å². The van der Waals surface area contributed by atoms with Gasteiger partial charge in [0, 0.05) is 18.7 Å². The summed E-state index contributed by atoms with van der Waals surface area (Å²) in [4.78, 5) is 2.72. The molecule has 0 radical (unpaired) electrons. The van der Waals surface area contributed by atoms with Gasteiger partial charge < -0.3 is 15.0 Å². The molecule has 2 rings (SSSR count). The second kappa shape index (κ2) is 6.72. The fourth-order valence-corrected chi connectivity index (χ4v) is 3.14. The van der Waals surface area contributed by atoms with Gasteiger partial charge in [-0.25, -0.2) is 0 Å². The van der Waals surface area contributed by atoms with E-state index in [-0.39, 0.29) is 0 Å². The Labute approximate surface area is 106 Å². The minimum Gasteiger partial charge on any atom is -0.378 e. The van der Waals surface area contributed by atoms with Crippen molar-refractivity contribution in [1.29, 1.82) is 0 Å². The van der Waals surface area contributed by atoms with E-state index in [0.717, 1.165) is 18.7 Å². The third-order valence-electron chi connectivity index (χ3n) is 4.29. The van der Waals surface area contributed by atoms with Gasteiger partial charge in [0.1, 0.15) is 0 Å². The maximum atomic E-state index is 5.66. The van der Waals surface area contributed by atoms with Crippen LogP contribution in [0.25, 0.3) is 0 Å². The van der Waals surface area contributed by atoms with E-state index in [9.17, 15) is 0 Å². The Kier molecular flexibility index (Phi) is 5.26. The summed E-state index contributed by atoms with van der Waals surface area (Å²) in [6.07, 6.45) is 6.78. The molecule has 2 aliphatic heterocycles. The quantitative estimate of drug-likeness (QED) is 0.799. The molecule has 0 bridgehead atoms. The van der Waals surface area contributed by atoms with E-state index in [0.29, 0.717) is 6.10 Å². The third kappa shape index (κ3) is 3.94. The molecule has 3 unspecified atom stereocenters. The summed E-state index contributed by atoms with van der Waals surface area (Å²) < 4.78 is 5.66. The largest absolute Gasteiger partial charge is 0.378 e. The zero-order valence-electron chi connectivity index (χ0n) is 11.5. The lowest BCUT2D eigenvalue weighted by Crippen LogP contribution is -2.46. The lowest BCUT2D eigenvalue weighted by atomic mass is 10.00. The highest BCUT2D eigenvalue weighted by Crippen LogP contribution is 2.20. The second-order valence-corrected chi connectivity index (χ2v) is 5.60. The minimum absolute atomic E-state index is 0.458. The van der Waals surface area contributed by atoms with Gasteiger partial charge in [-0.15, -0.1) is 0 Å². The van der Waals surface area contributed by atoms with Gasteiger partial charge in [-0.05, 0) is 58.7 Å². The zero-order chi connectivity index (χ0) is 12.1. The molecule has 0 saturated carbocycles. The standard InChI is InChI=1S/C14H28N2O/c1-3-13-5-9-16(8-4-7-15-13)14-6-10-17-12(2)11-14/h12-15H,3-11H2,1-2H3. The molecule has 100 valence electrons. The van der Waals surface area contributed by atoms with Crippen molar-refractivity contribution in [2.45, 2.75) is 64.1 Å². The van der Waals surface area contributed by atoms with Crippen LogP contribution in [0.4, 0.5) is 0 Å². The van der Waals surface area contributed by atoms with E-state index in [1.165, 1.54) is 51.7 Å². The van der Waals surface area contributed by atoms with Crippen LogP contribution in [-0.2, 0) is 4.74 Å². The van der Waals surface area contributed by atoms with Gasteiger partial charge in [-0.3, -0.25) is 0 Å². The number of hydrogen-bond donors (Lipinski definition) is 1. The van der Waals surface area contributed by atoms with Crippen molar-refractivity contribution in [1.82, 2.24) is 10.2 Å². The van der Waals surface area contributed by atoms with Crippen molar-refractivity contribution < 1.29 is 4.74 Å². The molecule has 0 aromatic rings. The van der Waals surface area contributed by atoms with Crippen molar-refractivity contribution in [2.24, 2.45) is 0 Å². The molecule has 2 saturated heterocycles. The Balaban J connectivity index is 1.85. The third-order valence-corrected chi connectivity index (χ3v) is 4.29. The average molecular weight is 240 g/mol. The Bertz CT molecular complexity index is 222. The Morgan fingerprint density at radius 3 is 2.94 bits per heavy atom. The predicted molar refractivity (Wildman–Crippen MR) is 71.3 cm³/mol. The summed E-state index contributed by atoms with van der Waals surface area (Å²) in [6.45, 7) is 9.18. The first-order valence-electron chi connectivity index (χ1n) is 7.38. The number of hydrogen-bond acceptors (Lipinski definition) is 3. The summed E-state index contributed by atoms with van der Waals surface area (Å²) in [5.74, 6) is 0. The first-order chi connectivity index (χ1) is 8.29. The summed E-state index contributed by atoms with van der Waals surface area (Å²) >= 11 is 0. The SMILES string of the molecule is CCC1CCN(C2CCOC(C)C2)CCCN1. The van der Waals surface area contributed by atoms with E-state index in [1.54, 1.807) is 0 Å². The van der Waals surface area contributed by atoms with Gasteiger partial charge in [0.05, 0.1) is 6.10 Å². The topological polar surface area (TPSA) is 24.5 Å². The van der Waals surface area contributed by atoms with Crippen LogP contribution in [-0.4, -0.2) is 49.3 Å². The maximum Gasteiger partial charge on any atom is 0.0561 e. The van der Waals surface area contributed by atoms with Gasteiger partial charge in [-0.1, -0.05) is 6.92 Å². The number of ether oxygens (including phenoxy) is 1. The van der Waals surface area contributed by atoms with Crippen LogP contribution in [0, 0.1) is 0 Å². The molecule has 0 aliphatic carbocycles. The van der Waals surface area contributed by atoms with E-state index < -0.39 is 0 Å². The van der Waals surface area contributed by atoms with Crippen molar-refractivity contribution in [2.75, 3.05) is 26.2 Å². The highest BCUT2D eigenvalue weighted by atomic mass is 16.5. The van der Waals surface area contributed by atoms with E-state index in [1.807, 2.05) is 0 Å². The highest BCUT2D eigenvalue weighted by molar-refractivity contribution is 4.81. The predicted octanol–water partition coefficient (Wildman–Crippen LogP) is 2.02. The molecule has 2 heterocycles. The first-order valence-corrected chi connectivity index (χ1v) is 7.38. The summed E-state index contributed by atoms with van der Waals surface area (Å²) in [5, 5.41) is 3.65. The van der Waals surface area contributed by atoms with E-state index in [4.69, 9.17) is 4.74 Å². The Morgan fingerprint density at radius 1 is 1.29 bits per heavy atom. The molecule has 2 fully saturated rings. The monoisotopic (exact) mass is 240 g/mol. The summed E-state index contributed by atoms with van der Waals surface area (Å²) in [6, 6.07) is 1.50. The smallest absolute Gasteiger partial charge is 0.0561 e. The lowest BCUT2D eigenvalue weighted by molar-refractivity contribution is -0.0193. The fourth-order valence-electron chi connectivity index (χ4n) is 3.14. The number of rotatable bonds is 2. The fraction of sp³-hybridized carbons (Fsp3) is 1.00. The average Bonchev–Trinajstić information content (AvgIpc) is 2.29. The summed E-state index contributed by atoms with van der Waals surface area (Å²) in [5.41, 5.74) is 0. The van der Waals surface area contributed by atoms with Crippen LogP contribution in [0.3, 0.4) is 0 Å². The molecule has 3 atom stereocenters. The lowest BCUT2D eigenvalue weighted by Gasteiger charge is -2.38. The van der Waals surface area contributed by atoms with Gasteiger partial charge in [0.2, 0.25) is 0 Å². The van der Waals surface area contributed by atoms with Crippen molar-refractivity contribution in [3.05, 3.63) is 0 Å². The minimum atomic E-state index is 0.458. The molecule has 1 N–H and O–H groups in total. The van der Waals surface area contributed by atoms with Crippen LogP contribution < -0.4 is 5.32 Å². The van der Waals surface area contributed by atoms with Crippen molar-refractivity contribution in [3.63, 3.8) is 0 Å². The van der Waals surface area contributed by atoms with Gasteiger partial charge >= 0.3 is 0 Å². The van der Waals surface area contributed by atoms with Crippen molar-refractivity contribution >= 4 is 0 Å². The zero-order valence-corrected chi connectivity index (χ0v) is 11.5. The molecule has 0 aromatic carbocycles. The van der Waals surface area contributed by atoms with Crippen LogP contribution in [0.5, 0.6) is 0 Å². The normalized spacial score (nSPS) is 37.4. The van der Waals surface area contributed by atoms with Crippen molar-refractivity contribution in [3.8, 4) is 0 Å². The molecular weight excluding hydrogens is 212 g/mol. The molecule has 0 spiro atoms. The molecule has 17 heavy (non-hydrogen) atoms. The molecule has 2 aliphatic rings. The van der Waals surface area contributed by atoms with Crippen LogP contribution in [0.1, 0.15) is 46.0 Å². The molecule has 3 heteroatoms. The van der Waals surface area contributed by atoms with E-state index >= 15 is 0 Å². The molecule has 0 aromatic heterocycles. The first kappa shape index (κ1) is 13.3. The molecule has 0 amide bonds. The van der Waals surface area contributed by atoms with Gasteiger partial charge in [0.25, 0.3) is 0 Å². The van der Waals surface area contributed by atoms with E-state index in [2.05, 4.69) is 24.1 Å². The molecular formula is C14H28N2O. The number of nitrogens with zero attached hydrogens (tertiary/aromatic N) is 1.